The van der Waals surface area contributed by atoms with Crippen LogP contribution in [-0.2, 0) is 9.59 Å². The van der Waals surface area contributed by atoms with Crippen molar-refractivity contribution in [2.75, 3.05) is 6.61 Å². The molecule has 0 fully saturated rings. The molecule has 0 radical (unpaired) electrons. The highest BCUT2D eigenvalue weighted by Crippen LogP contribution is 2.21. The van der Waals surface area contributed by atoms with Gasteiger partial charge >= 0.3 is 5.97 Å². The van der Waals surface area contributed by atoms with Gasteiger partial charge in [0.2, 0.25) is 0 Å². The van der Waals surface area contributed by atoms with Gasteiger partial charge in [0, 0.05) is 18.6 Å². The molecule has 1 aromatic carbocycles. The van der Waals surface area contributed by atoms with E-state index < -0.39 is 40.4 Å². The minimum absolute atomic E-state index is 0.132. The van der Waals surface area contributed by atoms with Gasteiger partial charge in [-0.25, -0.2) is 0 Å². The van der Waals surface area contributed by atoms with Crippen molar-refractivity contribution in [2.45, 2.75) is 114 Å². The topological polar surface area (TPSA) is 150 Å². The summed E-state index contributed by atoms with van der Waals surface area (Å²) in [6.07, 6.45) is 20.0. The minimum Gasteiger partial charge on any atom is -0.481 e. The van der Waals surface area contributed by atoms with Gasteiger partial charge in [0.25, 0.3) is 11.6 Å². The number of unbranched alkanes of at least 4 members (excludes halogenated alkanes) is 11. The predicted octanol–water partition coefficient (Wildman–Crippen LogP) is 7.02. The maximum Gasteiger partial charge on any atom is 0.303 e. The first kappa shape index (κ1) is 37.8. The Balaban J connectivity index is 0.000000760. The number of rotatable bonds is 21. The summed E-state index contributed by atoms with van der Waals surface area (Å²) in [4.78, 5) is 30.2. The van der Waals surface area contributed by atoms with E-state index in [0.717, 1.165) is 12.8 Å². The number of hydrogen-bond donors (Lipinski definition) is 4. The van der Waals surface area contributed by atoms with E-state index in [0.29, 0.717) is 12.0 Å². The summed E-state index contributed by atoms with van der Waals surface area (Å²) < 4.78 is 0. The summed E-state index contributed by atoms with van der Waals surface area (Å²) in [6.45, 7) is 1.71. The number of carboxylic acid groups (broad SMARTS) is 1. The molecule has 0 spiro atoms. The molecule has 0 aromatic heterocycles. The van der Waals surface area contributed by atoms with E-state index in [1.54, 1.807) is 0 Å². The molecule has 11 heteroatoms. The number of carboxylic acids is 1. The van der Waals surface area contributed by atoms with E-state index in [2.05, 4.69) is 24.4 Å². The standard InChI is InChI=1S/C18H34O2.C11H12Cl2N2O5/c1-2-3-4-5-6-7-8-9-10-11-12-13-14-15-16-17-18(19)20;12-10(13)11(18)14-8(5-16)9(17)6-1-3-7(4-2-6)15(19)20/h9-10H,2-8,11-17H2,1H3,(H,19,20);1-4,8-10,16-17H,5H2,(H,14,18)/b10-9+;/t;8-,9-/m.1/s1. The molecule has 0 bridgehead atoms. The Kier molecular flexibility index (Phi) is 23.2. The Morgan fingerprint density at radius 3 is 1.88 bits per heavy atom. The number of hydrogen-bond acceptors (Lipinski definition) is 6. The van der Waals surface area contributed by atoms with Gasteiger partial charge in [-0.15, -0.1) is 0 Å². The summed E-state index contributed by atoms with van der Waals surface area (Å²) >= 11 is 10.7. The van der Waals surface area contributed by atoms with Gasteiger partial charge in [-0.3, -0.25) is 19.7 Å². The van der Waals surface area contributed by atoms with Gasteiger partial charge in [0.05, 0.1) is 17.6 Å². The number of alkyl halides is 2. The molecular formula is C29H46Cl2N2O7. The predicted molar refractivity (Wildman–Crippen MR) is 160 cm³/mol. The molecule has 228 valence electrons. The lowest BCUT2D eigenvalue weighted by atomic mass is 10.0. The first-order chi connectivity index (χ1) is 19.1. The Bertz CT molecular complexity index is 851. The number of non-ortho nitro benzene ring substituents is 1. The van der Waals surface area contributed by atoms with Gasteiger partial charge in [-0.05, 0) is 49.8 Å². The van der Waals surface area contributed by atoms with E-state index in [1.165, 1.54) is 94.9 Å². The number of halogens is 2. The quantitative estimate of drug-likeness (QED) is 0.0387. The van der Waals surface area contributed by atoms with Crippen LogP contribution in [0.4, 0.5) is 5.69 Å². The number of nitrogens with one attached hydrogen (secondary N) is 1. The van der Waals surface area contributed by atoms with Crippen LogP contribution in [0, 0.1) is 10.1 Å². The number of aliphatic hydroxyl groups is 2. The van der Waals surface area contributed by atoms with Crippen molar-refractivity contribution in [3.63, 3.8) is 0 Å². The van der Waals surface area contributed by atoms with Crippen LogP contribution in [0.1, 0.15) is 108 Å². The van der Waals surface area contributed by atoms with Crippen molar-refractivity contribution in [3.8, 4) is 0 Å². The van der Waals surface area contributed by atoms with Gasteiger partial charge in [0.1, 0.15) is 6.10 Å². The minimum atomic E-state index is -1.33. The summed E-state index contributed by atoms with van der Waals surface area (Å²) in [5.41, 5.74) is 0.169. The number of aliphatic hydroxyl groups excluding tert-OH is 2. The second-order valence-corrected chi connectivity index (χ2v) is 10.7. The van der Waals surface area contributed by atoms with E-state index in [-0.39, 0.29) is 5.69 Å². The van der Waals surface area contributed by atoms with Gasteiger partial charge in [-0.2, -0.15) is 0 Å². The smallest absolute Gasteiger partial charge is 0.303 e. The summed E-state index contributed by atoms with van der Waals surface area (Å²) in [6, 6.07) is 4.05. The van der Waals surface area contributed by atoms with Crippen LogP contribution in [0.15, 0.2) is 36.4 Å². The molecule has 4 N–H and O–H groups in total. The van der Waals surface area contributed by atoms with Gasteiger partial charge in [-0.1, -0.05) is 93.6 Å². The van der Waals surface area contributed by atoms with Crippen LogP contribution in [-0.4, -0.2) is 49.6 Å². The Morgan fingerprint density at radius 2 is 1.43 bits per heavy atom. The third-order valence-electron chi connectivity index (χ3n) is 6.20. The van der Waals surface area contributed by atoms with Crippen LogP contribution in [0.2, 0.25) is 0 Å². The van der Waals surface area contributed by atoms with Crippen LogP contribution in [0.5, 0.6) is 0 Å². The van der Waals surface area contributed by atoms with Crippen molar-refractivity contribution >= 4 is 40.8 Å². The largest absolute Gasteiger partial charge is 0.481 e. The van der Waals surface area contributed by atoms with Crippen LogP contribution in [0.3, 0.4) is 0 Å². The molecule has 9 nitrogen and oxygen atoms in total. The number of nitrogens with zero attached hydrogens (tertiary/aromatic N) is 1. The van der Waals surface area contributed by atoms with Crippen LogP contribution < -0.4 is 5.32 Å². The molecule has 1 aromatic rings. The molecule has 1 rings (SSSR count). The number of benzene rings is 1. The molecule has 0 saturated carbocycles. The number of carbonyl (C=O) groups excluding carboxylic acids is 1. The van der Waals surface area contributed by atoms with Crippen LogP contribution >= 0.6 is 23.2 Å². The molecule has 1 amide bonds. The second-order valence-electron chi connectivity index (χ2n) is 9.62. The average molecular weight is 606 g/mol. The number of nitro benzene ring substituents is 1. The first-order valence-corrected chi connectivity index (χ1v) is 15.0. The molecule has 0 unspecified atom stereocenters. The van der Waals surface area contributed by atoms with E-state index in [4.69, 9.17) is 33.4 Å². The van der Waals surface area contributed by atoms with E-state index >= 15 is 0 Å². The van der Waals surface area contributed by atoms with Crippen molar-refractivity contribution in [1.29, 1.82) is 0 Å². The van der Waals surface area contributed by atoms with Crippen molar-refractivity contribution < 1.29 is 29.8 Å². The Labute approximate surface area is 248 Å². The SMILES string of the molecule is CCCCCCCC/C=C/CCCCCCCC(=O)O.O=C(N[C@H](CO)[C@H](O)c1ccc([N+](=O)[O-])cc1)C(Cl)Cl. The van der Waals surface area contributed by atoms with E-state index in [1.807, 2.05) is 0 Å². The molecule has 0 saturated heterocycles. The number of amides is 1. The summed E-state index contributed by atoms with van der Waals surface area (Å²) in [7, 11) is 0. The fraction of sp³-hybridized carbons (Fsp3) is 0.655. The van der Waals surface area contributed by atoms with Gasteiger partial charge in [0.15, 0.2) is 4.84 Å². The molecule has 0 aliphatic carbocycles. The third kappa shape index (κ3) is 19.8. The highest BCUT2D eigenvalue weighted by Gasteiger charge is 2.24. The van der Waals surface area contributed by atoms with E-state index in [9.17, 15) is 24.8 Å². The van der Waals surface area contributed by atoms with Crippen molar-refractivity contribution in [2.24, 2.45) is 0 Å². The molecule has 0 heterocycles. The second kappa shape index (κ2) is 24.6. The molecule has 2 atom stereocenters. The van der Waals surface area contributed by atoms with Crippen molar-refractivity contribution in [1.82, 2.24) is 5.32 Å². The fourth-order valence-electron chi connectivity index (χ4n) is 3.84. The monoisotopic (exact) mass is 604 g/mol. The van der Waals surface area contributed by atoms with Crippen molar-refractivity contribution in [3.05, 3.63) is 52.1 Å². The summed E-state index contributed by atoms with van der Waals surface area (Å²) in [5.74, 6) is -1.42. The number of aliphatic carboxylic acids is 1. The Morgan fingerprint density at radius 1 is 0.925 bits per heavy atom. The molecular weight excluding hydrogens is 559 g/mol. The lowest BCUT2D eigenvalue weighted by Gasteiger charge is -2.22. The Hall–Kier alpha value is -2.20. The number of allylic oxidation sites excluding steroid dienone is 2. The highest BCUT2D eigenvalue weighted by molar-refractivity contribution is 6.53. The maximum atomic E-state index is 11.3. The zero-order valence-electron chi connectivity index (χ0n) is 23.5. The van der Waals surface area contributed by atoms with Gasteiger partial charge < -0.3 is 20.6 Å². The third-order valence-corrected chi connectivity index (χ3v) is 6.60. The number of nitro groups is 1. The number of carbonyl (C=O) groups is 2. The lowest BCUT2D eigenvalue weighted by molar-refractivity contribution is -0.384. The highest BCUT2D eigenvalue weighted by atomic mass is 35.5. The molecule has 40 heavy (non-hydrogen) atoms. The molecule has 0 aliphatic rings. The van der Waals surface area contributed by atoms with Crippen LogP contribution in [0.25, 0.3) is 0 Å². The fourth-order valence-corrected chi connectivity index (χ4v) is 3.97. The summed E-state index contributed by atoms with van der Waals surface area (Å²) in [5, 5.41) is 40.5. The molecule has 0 aliphatic heterocycles. The zero-order chi connectivity index (χ0) is 30.2. The normalized spacial score (nSPS) is 12.6. The average Bonchev–Trinajstić information content (AvgIpc) is 2.93. The maximum absolute atomic E-state index is 11.3. The zero-order valence-corrected chi connectivity index (χ0v) is 25.0. The first-order valence-electron chi connectivity index (χ1n) is 14.1. The lowest BCUT2D eigenvalue weighted by Crippen LogP contribution is -2.44.